The first-order valence-corrected chi connectivity index (χ1v) is 9.47. The monoisotopic (exact) mass is 338 g/mol. The van der Waals surface area contributed by atoms with E-state index in [4.69, 9.17) is 11.6 Å². The summed E-state index contributed by atoms with van der Waals surface area (Å²) in [6, 6.07) is 8.36. The van der Waals surface area contributed by atoms with Gasteiger partial charge in [0.25, 0.3) is 0 Å². The Morgan fingerprint density at radius 1 is 1.35 bits per heavy atom. The number of nitrogens with zero attached hydrogens (tertiary/aromatic N) is 2. The zero-order valence-electron chi connectivity index (χ0n) is 10.7. The van der Waals surface area contributed by atoms with Gasteiger partial charge in [-0.1, -0.05) is 17.7 Å². The van der Waals surface area contributed by atoms with Crippen molar-refractivity contribution in [2.75, 3.05) is 19.3 Å². The van der Waals surface area contributed by atoms with Crippen LogP contribution in [0.4, 0.5) is 0 Å². The van der Waals surface area contributed by atoms with Crippen molar-refractivity contribution in [3.8, 4) is 0 Å². The van der Waals surface area contributed by atoms with Crippen LogP contribution in [0.25, 0.3) is 15.8 Å². The second-order valence-electron chi connectivity index (χ2n) is 4.55. The molecule has 0 spiro atoms. The third-order valence-corrected chi connectivity index (χ3v) is 6.91. The van der Waals surface area contributed by atoms with Gasteiger partial charge in [0.05, 0.1) is 21.4 Å². The Morgan fingerprint density at radius 2 is 2.25 bits per heavy atom. The van der Waals surface area contributed by atoms with Crippen LogP contribution in [0.15, 0.2) is 33.5 Å². The van der Waals surface area contributed by atoms with Crippen molar-refractivity contribution in [2.24, 2.45) is 4.99 Å². The Bertz CT molecular complexity index is 763. The number of halogens is 1. The number of benzene rings is 1. The molecule has 2 aliphatic rings. The molecule has 1 aromatic heterocycles. The summed E-state index contributed by atoms with van der Waals surface area (Å²) in [7, 11) is 0. The highest BCUT2D eigenvalue weighted by molar-refractivity contribution is 8.30. The first kappa shape index (κ1) is 13.1. The molecule has 1 aromatic carbocycles. The van der Waals surface area contributed by atoms with Gasteiger partial charge < -0.3 is 4.90 Å². The highest BCUT2D eigenvalue weighted by Crippen LogP contribution is 2.48. The topological polar surface area (TPSA) is 15.6 Å². The van der Waals surface area contributed by atoms with Crippen LogP contribution in [-0.4, -0.2) is 29.4 Å². The second kappa shape index (κ2) is 4.98. The molecule has 0 radical (unpaired) electrons. The van der Waals surface area contributed by atoms with E-state index in [1.807, 2.05) is 23.5 Å². The van der Waals surface area contributed by atoms with Crippen molar-refractivity contribution < 1.29 is 0 Å². The smallest absolute Gasteiger partial charge is 0.169 e. The maximum absolute atomic E-state index is 6.09. The first-order valence-electron chi connectivity index (χ1n) is 6.24. The molecule has 2 nitrogen and oxygen atoms in total. The fourth-order valence-electron chi connectivity index (χ4n) is 2.46. The molecular formula is C14H11ClN2S3. The molecule has 0 atom stereocenters. The molecule has 102 valence electrons. The molecule has 3 heterocycles. The van der Waals surface area contributed by atoms with E-state index in [0.29, 0.717) is 0 Å². The lowest BCUT2D eigenvalue weighted by Gasteiger charge is -2.15. The Morgan fingerprint density at radius 3 is 3.10 bits per heavy atom. The predicted molar refractivity (Wildman–Crippen MR) is 93.9 cm³/mol. The molecule has 0 aliphatic carbocycles. The van der Waals surface area contributed by atoms with Crippen LogP contribution in [-0.2, 0) is 0 Å². The minimum Gasteiger partial charge on any atom is -0.316 e. The first-order chi connectivity index (χ1) is 9.76. The second-order valence-corrected chi connectivity index (χ2v) is 8.12. The lowest BCUT2D eigenvalue weighted by Crippen LogP contribution is -2.19. The van der Waals surface area contributed by atoms with Crippen molar-refractivity contribution in [1.29, 1.82) is 0 Å². The van der Waals surface area contributed by atoms with Gasteiger partial charge in [-0.15, -0.1) is 23.1 Å². The summed E-state index contributed by atoms with van der Waals surface area (Å²) in [4.78, 5) is 8.24. The molecule has 0 N–H and O–H groups in total. The Kier molecular flexibility index (Phi) is 3.26. The van der Waals surface area contributed by atoms with E-state index in [1.54, 1.807) is 23.5 Å². The lowest BCUT2D eigenvalue weighted by molar-refractivity contribution is 0.651. The van der Waals surface area contributed by atoms with Gasteiger partial charge in [0.1, 0.15) is 0 Å². The van der Waals surface area contributed by atoms with Crippen molar-refractivity contribution >= 4 is 67.4 Å². The van der Waals surface area contributed by atoms with E-state index in [-0.39, 0.29) is 0 Å². The van der Waals surface area contributed by atoms with Crippen LogP contribution >= 0.6 is 46.5 Å². The fraction of sp³-hybridized carbons (Fsp3) is 0.214. The summed E-state index contributed by atoms with van der Waals surface area (Å²) in [5.74, 6) is 0. The van der Waals surface area contributed by atoms with Gasteiger partial charge in [-0.3, -0.25) is 4.99 Å². The quantitative estimate of drug-likeness (QED) is 0.769. The Labute approximate surface area is 134 Å². The Hall–Kier alpha value is -0.620. The number of hydrogen-bond acceptors (Lipinski definition) is 5. The highest BCUT2D eigenvalue weighted by atomic mass is 35.5. The minimum atomic E-state index is 0.800. The van der Waals surface area contributed by atoms with Crippen LogP contribution in [0.1, 0.15) is 4.88 Å². The molecule has 20 heavy (non-hydrogen) atoms. The van der Waals surface area contributed by atoms with Gasteiger partial charge in [-0.05, 0) is 41.6 Å². The van der Waals surface area contributed by atoms with Crippen LogP contribution in [0.2, 0.25) is 5.02 Å². The molecule has 6 heteroatoms. The van der Waals surface area contributed by atoms with Crippen molar-refractivity contribution in [1.82, 2.24) is 4.90 Å². The zero-order valence-corrected chi connectivity index (χ0v) is 13.9. The molecule has 0 saturated heterocycles. The molecule has 0 unspecified atom stereocenters. The average molecular weight is 339 g/mol. The van der Waals surface area contributed by atoms with Gasteiger partial charge in [0, 0.05) is 16.3 Å². The van der Waals surface area contributed by atoms with Gasteiger partial charge in [0.2, 0.25) is 0 Å². The number of rotatable bonds is 2. The third-order valence-electron chi connectivity index (χ3n) is 3.35. The maximum Gasteiger partial charge on any atom is 0.169 e. The molecule has 0 fully saturated rings. The summed E-state index contributed by atoms with van der Waals surface area (Å²) in [6.07, 6.45) is 2.13. The predicted octanol–water partition coefficient (Wildman–Crippen LogP) is 4.96. The van der Waals surface area contributed by atoms with Crippen LogP contribution in [0.5, 0.6) is 0 Å². The van der Waals surface area contributed by atoms with E-state index >= 15 is 0 Å². The highest BCUT2D eigenvalue weighted by Gasteiger charge is 2.33. The van der Waals surface area contributed by atoms with Crippen molar-refractivity contribution in [3.05, 3.63) is 38.4 Å². The van der Waals surface area contributed by atoms with Gasteiger partial charge in [0.15, 0.2) is 5.17 Å². The normalized spacial score (nSPS) is 18.1. The minimum absolute atomic E-state index is 0.800. The van der Waals surface area contributed by atoms with E-state index in [1.165, 1.54) is 24.9 Å². The standard InChI is InChI=1S/C14H11ClN2S3/c1-18-13-12(17-5-4-16-14(17)20-13)11-6-8-2-3-9(15)7-10(8)19-11/h2-3,6-7H,4-5H2,1H3. The average Bonchev–Trinajstić information content (AvgIpc) is 3.09. The van der Waals surface area contributed by atoms with Crippen molar-refractivity contribution in [3.63, 3.8) is 0 Å². The van der Waals surface area contributed by atoms with Gasteiger partial charge in [-0.25, -0.2) is 0 Å². The summed E-state index contributed by atoms with van der Waals surface area (Å²) in [5.41, 5.74) is 1.33. The molecule has 2 aromatic rings. The van der Waals surface area contributed by atoms with Crippen LogP contribution in [0.3, 0.4) is 0 Å². The molecule has 2 aliphatic heterocycles. The molecule has 0 saturated carbocycles. The zero-order chi connectivity index (χ0) is 13.7. The van der Waals surface area contributed by atoms with E-state index in [9.17, 15) is 0 Å². The largest absolute Gasteiger partial charge is 0.316 e. The number of fused-ring (bicyclic) bond motifs is 2. The number of aliphatic imine (C=N–C) groups is 1. The number of thiophene rings is 1. The maximum atomic E-state index is 6.09. The number of thioether (sulfide) groups is 2. The number of amidine groups is 1. The number of hydrogen-bond donors (Lipinski definition) is 0. The molecule has 0 bridgehead atoms. The van der Waals surface area contributed by atoms with E-state index in [0.717, 1.165) is 23.3 Å². The molecular weight excluding hydrogens is 328 g/mol. The van der Waals surface area contributed by atoms with Gasteiger partial charge in [-0.2, -0.15) is 0 Å². The summed E-state index contributed by atoms with van der Waals surface area (Å²) >= 11 is 11.5. The fourth-order valence-corrected chi connectivity index (χ4v) is 5.89. The lowest BCUT2D eigenvalue weighted by atomic mass is 10.2. The van der Waals surface area contributed by atoms with Gasteiger partial charge >= 0.3 is 0 Å². The summed E-state index contributed by atoms with van der Waals surface area (Å²) < 4.78 is 2.59. The summed E-state index contributed by atoms with van der Waals surface area (Å²) in [6.45, 7) is 1.90. The molecule has 4 rings (SSSR count). The van der Waals surface area contributed by atoms with E-state index < -0.39 is 0 Å². The third kappa shape index (κ3) is 1.99. The van der Waals surface area contributed by atoms with Crippen LogP contribution in [0, 0.1) is 0 Å². The van der Waals surface area contributed by atoms with Crippen LogP contribution < -0.4 is 0 Å². The molecule has 0 amide bonds. The van der Waals surface area contributed by atoms with Crippen molar-refractivity contribution in [2.45, 2.75) is 0 Å². The SMILES string of the molecule is CSC1=C(c2cc3ccc(Cl)cc3s2)N2CCN=C2S1. The van der Waals surface area contributed by atoms with E-state index in [2.05, 4.69) is 28.3 Å². The Balaban J connectivity index is 1.86. The summed E-state index contributed by atoms with van der Waals surface area (Å²) in [5, 5.41) is 3.21.